The summed E-state index contributed by atoms with van der Waals surface area (Å²) in [5, 5.41) is 5.21. The van der Waals surface area contributed by atoms with Crippen molar-refractivity contribution in [3.05, 3.63) is 18.1 Å². The first-order valence-electron chi connectivity index (χ1n) is 5.30. The maximum Gasteiger partial charge on any atom is 0.272 e. The van der Waals surface area contributed by atoms with E-state index < -0.39 is 5.91 Å². The molecule has 0 aromatic carbocycles. The minimum atomic E-state index is -0.462. The number of carbonyl (C=O) groups is 2. The largest absolute Gasteiger partial charge is 0.382 e. The number of hydrogen-bond donors (Lipinski definition) is 3. The van der Waals surface area contributed by atoms with Crippen LogP contribution in [0.1, 0.15) is 23.3 Å². The number of aromatic nitrogens is 2. The van der Waals surface area contributed by atoms with Gasteiger partial charge in [0.05, 0.1) is 18.9 Å². The number of rotatable bonds is 4. The van der Waals surface area contributed by atoms with Crippen molar-refractivity contribution in [3.8, 4) is 0 Å². The van der Waals surface area contributed by atoms with Gasteiger partial charge in [-0.25, -0.2) is 4.98 Å². The van der Waals surface area contributed by atoms with Crippen molar-refractivity contribution < 1.29 is 9.59 Å². The van der Waals surface area contributed by atoms with E-state index in [2.05, 4.69) is 20.6 Å². The van der Waals surface area contributed by atoms with E-state index in [1.54, 1.807) is 0 Å². The molecule has 7 nitrogen and oxygen atoms in total. The third-order valence-corrected chi connectivity index (χ3v) is 2.24. The van der Waals surface area contributed by atoms with Crippen LogP contribution in [0.25, 0.3) is 0 Å². The first-order valence-corrected chi connectivity index (χ1v) is 5.30. The average Bonchev–Trinajstić information content (AvgIpc) is 3.10. The number of carbonyl (C=O) groups excluding carboxylic acids is 2. The van der Waals surface area contributed by atoms with E-state index in [0.29, 0.717) is 0 Å². The van der Waals surface area contributed by atoms with Crippen LogP contribution in [0.4, 0.5) is 5.82 Å². The molecule has 1 saturated carbocycles. The monoisotopic (exact) mass is 235 g/mol. The van der Waals surface area contributed by atoms with E-state index in [9.17, 15) is 9.59 Å². The van der Waals surface area contributed by atoms with Crippen LogP contribution in [-0.4, -0.2) is 34.4 Å². The van der Waals surface area contributed by atoms with Crippen molar-refractivity contribution in [2.24, 2.45) is 0 Å². The quantitative estimate of drug-likeness (QED) is 0.624. The highest BCUT2D eigenvalue weighted by atomic mass is 16.2. The van der Waals surface area contributed by atoms with Crippen molar-refractivity contribution in [3.63, 3.8) is 0 Å². The van der Waals surface area contributed by atoms with Gasteiger partial charge in [-0.05, 0) is 12.8 Å². The van der Waals surface area contributed by atoms with Crippen LogP contribution in [0.3, 0.4) is 0 Å². The number of hydrogen-bond acceptors (Lipinski definition) is 5. The number of nitrogens with one attached hydrogen (secondary N) is 2. The van der Waals surface area contributed by atoms with E-state index in [1.165, 1.54) is 12.4 Å². The second kappa shape index (κ2) is 4.77. The molecule has 1 aliphatic carbocycles. The molecule has 1 aromatic heterocycles. The Balaban J connectivity index is 1.82. The topological polar surface area (TPSA) is 110 Å². The van der Waals surface area contributed by atoms with E-state index in [0.717, 1.165) is 12.8 Å². The molecule has 0 unspecified atom stereocenters. The van der Waals surface area contributed by atoms with Gasteiger partial charge in [-0.15, -0.1) is 0 Å². The van der Waals surface area contributed by atoms with Gasteiger partial charge < -0.3 is 16.4 Å². The molecule has 2 rings (SSSR count). The van der Waals surface area contributed by atoms with Gasteiger partial charge in [-0.3, -0.25) is 14.6 Å². The van der Waals surface area contributed by atoms with Gasteiger partial charge in [0.1, 0.15) is 11.5 Å². The summed E-state index contributed by atoms with van der Waals surface area (Å²) in [5.74, 6) is -0.492. The maximum atomic E-state index is 11.6. The predicted octanol–water partition coefficient (Wildman–Crippen LogP) is -0.933. The molecule has 2 amide bonds. The molecule has 0 radical (unpaired) electrons. The average molecular weight is 235 g/mol. The van der Waals surface area contributed by atoms with Crippen LogP contribution in [0, 0.1) is 0 Å². The van der Waals surface area contributed by atoms with Crippen LogP contribution in [0.2, 0.25) is 0 Å². The van der Waals surface area contributed by atoms with Crippen LogP contribution in [0.5, 0.6) is 0 Å². The van der Waals surface area contributed by atoms with Gasteiger partial charge in [-0.2, -0.15) is 0 Å². The third kappa shape index (κ3) is 3.40. The molecule has 7 heteroatoms. The summed E-state index contributed by atoms with van der Waals surface area (Å²) in [6.45, 7) is -0.0637. The Hall–Kier alpha value is -2.18. The Kier molecular flexibility index (Phi) is 3.17. The molecule has 4 N–H and O–H groups in total. The van der Waals surface area contributed by atoms with Crippen LogP contribution < -0.4 is 16.4 Å². The van der Waals surface area contributed by atoms with Crippen molar-refractivity contribution >= 4 is 17.6 Å². The summed E-state index contributed by atoms with van der Waals surface area (Å²) in [6.07, 6.45) is 4.67. The van der Waals surface area contributed by atoms with Gasteiger partial charge in [-0.1, -0.05) is 0 Å². The van der Waals surface area contributed by atoms with Crippen molar-refractivity contribution in [2.45, 2.75) is 18.9 Å². The molecule has 17 heavy (non-hydrogen) atoms. The second-order valence-electron chi connectivity index (χ2n) is 3.85. The smallest absolute Gasteiger partial charge is 0.272 e. The zero-order valence-corrected chi connectivity index (χ0v) is 9.14. The molecule has 1 fully saturated rings. The molecule has 0 saturated heterocycles. The zero-order chi connectivity index (χ0) is 12.3. The van der Waals surface area contributed by atoms with E-state index in [-0.39, 0.29) is 30.0 Å². The molecule has 1 aromatic rings. The summed E-state index contributed by atoms with van der Waals surface area (Å²) in [6, 6.07) is 0.284. The number of amides is 2. The predicted molar refractivity (Wildman–Crippen MR) is 59.9 cm³/mol. The van der Waals surface area contributed by atoms with Crippen LogP contribution >= 0.6 is 0 Å². The molecule has 90 valence electrons. The van der Waals surface area contributed by atoms with E-state index >= 15 is 0 Å². The minimum Gasteiger partial charge on any atom is -0.382 e. The Morgan fingerprint density at radius 1 is 1.41 bits per heavy atom. The molecule has 0 bridgehead atoms. The normalized spacial score (nSPS) is 14.1. The molecular formula is C10H13N5O2. The molecule has 0 atom stereocenters. The first kappa shape index (κ1) is 11.3. The highest BCUT2D eigenvalue weighted by molar-refractivity contribution is 5.94. The van der Waals surface area contributed by atoms with Gasteiger partial charge in [0, 0.05) is 6.04 Å². The molecule has 0 spiro atoms. The Bertz CT molecular complexity index is 444. The lowest BCUT2D eigenvalue weighted by atomic mass is 10.4. The Labute approximate surface area is 97.8 Å². The SMILES string of the molecule is Nc1cncc(C(=O)NCC(=O)NC2CC2)n1. The zero-order valence-electron chi connectivity index (χ0n) is 9.14. The van der Waals surface area contributed by atoms with E-state index in [4.69, 9.17) is 5.73 Å². The lowest BCUT2D eigenvalue weighted by molar-refractivity contribution is -0.120. The molecule has 1 aliphatic rings. The fourth-order valence-electron chi connectivity index (χ4n) is 1.25. The van der Waals surface area contributed by atoms with E-state index in [1.807, 2.05) is 0 Å². The maximum absolute atomic E-state index is 11.6. The van der Waals surface area contributed by atoms with Crippen LogP contribution in [0.15, 0.2) is 12.4 Å². The number of anilines is 1. The summed E-state index contributed by atoms with van der Waals surface area (Å²) in [7, 11) is 0. The number of nitrogens with zero attached hydrogens (tertiary/aromatic N) is 2. The summed E-state index contributed by atoms with van der Waals surface area (Å²) < 4.78 is 0. The summed E-state index contributed by atoms with van der Waals surface area (Å²) in [5.41, 5.74) is 5.49. The fraction of sp³-hybridized carbons (Fsp3) is 0.400. The Morgan fingerprint density at radius 2 is 2.18 bits per heavy atom. The summed E-state index contributed by atoms with van der Waals surface area (Å²) >= 11 is 0. The van der Waals surface area contributed by atoms with Gasteiger partial charge in [0.25, 0.3) is 5.91 Å². The number of nitrogen functional groups attached to an aromatic ring is 1. The molecular weight excluding hydrogens is 222 g/mol. The molecule has 1 heterocycles. The minimum absolute atomic E-state index is 0.0637. The third-order valence-electron chi connectivity index (χ3n) is 2.24. The van der Waals surface area contributed by atoms with Crippen molar-refractivity contribution in [2.75, 3.05) is 12.3 Å². The van der Waals surface area contributed by atoms with Gasteiger partial charge >= 0.3 is 0 Å². The molecule has 0 aliphatic heterocycles. The lowest BCUT2D eigenvalue weighted by Crippen LogP contribution is -2.38. The highest BCUT2D eigenvalue weighted by Gasteiger charge is 2.23. The first-order chi connectivity index (χ1) is 8.15. The second-order valence-corrected chi connectivity index (χ2v) is 3.85. The van der Waals surface area contributed by atoms with Crippen molar-refractivity contribution in [1.29, 1.82) is 0 Å². The standard InChI is InChI=1S/C10H13N5O2/c11-8-4-12-3-7(15-8)10(17)13-5-9(16)14-6-1-2-6/h3-4,6H,1-2,5H2,(H2,11,15)(H,13,17)(H,14,16). The van der Waals surface area contributed by atoms with Crippen molar-refractivity contribution in [1.82, 2.24) is 20.6 Å². The van der Waals surface area contributed by atoms with Crippen LogP contribution in [-0.2, 0) is 4.79 Å². The number of nitrogens with two attached hydrogens (primary N) is 1. The fourth-order valence-corrected chi connectivity index (χ4v) is 1.25. The van der Waals surface area contributed by atoms with Gasteiger partial charge in [0.2, 0.25) is 5.91 Å². The highest BCUT2D eigenvalue weighted by Crippen LogP contribution is 2.18. The van der Waals surface area contributed by atoms with Gasteiger partial charge in [0.15, 0.2) is 0 Å². The summed E-state index contributed by atoms with van der Waals surface area (Å²) in [4.78, 5) is 30.4. The Morgan fingerprint density at radius 3 is 2.82 bits per heavy atom. The lowest BCUT2D eigenvalue weighted by Gasteiger charge is -2.05.